The highest BCUT2D eigenvalue weighted by atomic mass is 19.4. The average Bonchev–Trinajstić information content (AvgIpc) is 3.81. The smallest absolute Gasteiger partial charge is 0.418 e. The topological polar surface area (TPSA) is 124 Å². The Morgan fingerprint density at radius 3 is 2.56 bits per heavy atom. The minimum absolute atomic E-state index is 0.0787. The van der Waals surface area contributed by atoms with Crippen LogP contribution in [0.15, 0.2) is 6.07 Å². The molecule has 16 heteroatoms. The number of nitrogens with one attached hydrogen (secondary N) is 1. The van der Waals surface area contributed by atoms with E-state index in [1.165, 1.54) is 7.11 Å². The lowest BCUT2D eigenvalue weighted by Crippen LogP contribution is -2.65. The summed E-state index contributed by atoms with van der Waals surface area (Å²) in [6.45, 7) is 7.39. The molecule has 260 valence electrons. The third kappa shape index (κ3) is 5.64. The van der Waals surface area contributed by atoms with Crippen LogP contribution in [0.2, 0.25) is 0 Å². The van der Waals surface area contributed by atoms with Gasteiger partial charge in [-0.25, -0.2) is 18.7 Å². The Hall–Kier alpha value is -3.63. The van der Waals surface area contributed by atoms with Crippen molar-refractivity contribution in [3.8, 4) is 23.1 Å². The molecule has 7 rings (SSSR count). The summed E-state index contributed by atoms with van der Waals surface area (Å²) >= 11 is 0. The Morgan fingerprint density at radius 1 is 1.17 bits per heavy atom. The van der Waals surface area contributed by atoms with Crippen molar-refractivity contribution >= 4 is 22.5 Å². The summed E-state index contributed by atoms with van der Waals surface area (Å²) in [7, 11) is 1.51. The third-order valence-electron chi connectivity index (χ3n) is 10.2. The number of aromatic nitrogens is 4. The van der Waals surface area contributed by atoms with E-state index in [1.54, 1.807) is 0 Å². The van der Waals surface area contributed by atoms with E-state index in [4.69, 9.17) is 24.9 Å². The molecule has 0 aromatic carbocycles. The molecule has 0 bridgehead atoms. The Bertz CT molecular complexity index is 1730. The minimum Gasteiger partial charge on any atom is -0.472 e. The normalized spacial score (nSPS) is 24.4. The van der Waals surface area contributed by atoms with E-state index < -0.39 is 52.9 Å². The second-order valence-electron chi connectivity index (χ2n) is 13.7. The van der Waals surface area contributed by atoms with Crippen molar-refractivity contribution in [2.24, 2.45) is 5.41 Å². The number of hydrogen-bond donors (Lipinski definition) is 2. The molecule has 3 fully saturated rings. The number of aryl methyl sites for hydroxylation is 1. The number of halogens is 5. The van der Waals surface area contributed by atoms with Crippen molar-refractivity contribution in [1.82, 2.24) is 30.2 Å². The lowest BCUT2D eigenvalue weighted by Gasteiger charge is -2.48. The van der Waals surface area contributed by atoms with Gasteiger partial charge in [0.25, 0.3) is 0 Å². The summed E-state index contributed by atoms with van der Waals surface area (Å²) in [6, 6.07) is 0.715. The molecule has 11 nitrogen and oxygen atoms in total. The van der Waals surface area contributed by atoms with Crippen molar-refractivity contribution < 1.29 is 36.2 Å². The summed E-state index contributed by atoms with van der Waals surface area (Å²) in [5, 5.41) is 3.67. The highest BCUT2D eigenvalue weighted by Gasteiger charge is 2.51. The van der Waals surface area contributed by atoms with Crippen LogP contribution >= 0.6 is 0 Å². The van der Waals surface area contributed by atoms with E-state index in [-0.39, 0.29) is 52.7 Å². The molecule has 2 saturated heterocycles. The molecule has 0 unspecified atom stereocenters. The minimum atomic E-state index is -4.87. The summed E-state index contributed by atoms with van der Waals surface area (Å²) in [4.78, 5) is 21.6. The first-order chi connectivity index (χ1) is 22.8. The number of anilines is 2. The van der Waals surface area contributed by atoms with Gasteiger partial charge < -0.3 is 30.2 Å². The second-order valence-corrected chi connectivity index (χ2v) is 13.7. The fraction of sp³-hybridized carbons (Fsp3) is 0.625. The van der Waals surface area contributed by atoms with Gasteiger partial charge in [-0.1, -0.05) is 6.92 Å². The Kier molecular flexibility index (Phi) is 8.06. The van der Waals surface area contributed by atoms with E-state index in [9.17, 15) is 17.6 Å². The van der Waals surface area contributed by atoms with Gasteiger partial charge in [0.2, 0.25) is 5.88 Å². The highest BCUT2D eigenvalue weighted by Crippen LogP contribution is 2.49. The van der Waals surface area contributed by atoms with E-state index in [2.05, 4.69) is 32.1 Å². The van der Waals surface area contributed by atoms with Crippen LogP contribution in [0.25, 0.3) is 22.2 Å². The number of nitrogens with two attached hydrogens (primary N) is 1. The molecular formula is C32H39F5N8O3. The maximum absolute atomic E-state index is 16.8. The first-order valence-electron chi connectivity index (χ1n) is 16.2. The van der Waals surface area contributed by atoms with Gasteiger partial charge in [-0.3, -0.25) is 4.90 Å². The summed E-state index contributed by atoms with van der Waals surface area (Å²) in [5.74, 6) is -1.04. The lowest BCUT2D eigenvalue weighted by molar-refractivity contribution is -0.140. The first-order valence-corrected chi connectivity index (χ1v) is 16.2. The van der Waals surface area contributed by atoms with Crippen molar-refractivity contribution in [2.45, 2.75) is 70.0 Å². The number of hydrogen-bond acceptors (Lipinski definition) is 11. The number of piperazine rings is 1. The van der Waals surface area contributed by atoms with Gasteiger partial charge in [-0.15, -0.1) is 0 Å². The van der Waals surface area contributed by atoms with Gasteiger partial charge in [0.1, 0.15) is 46.6 Å². The first kappa shape index (κ1) is 32.9. The predicted molar refractivity (Wildman–Crippen MR) is 167 cm³/mol. The van der Waals surface area contributed by atoms with Crippen LogP contribution in [-0.2, 0) is 10.9 Å². The zero-order chi connectivity index (χ0) is 34.2. The molecular weight excluding hydrogens is 639 g/mol. The number of fused-ring (bicyclic) bond motifs is 2. The quantitative estimate of drug-likeness (QED) is 0.315. The van der Waals surface area contributed by atoms with Crippen LogP contribution in [0, 0.1) is 18.2 Å². The Balaban J connectivity index is 1.32. The third-order valence-corrected chi connectivity index (χ3v) is 10.2. The zero-order valence-electron chi connectivity index (χ0n) is 27.3. The molecule has 0 spiro atoms. The van der Waals surface area contributed by atoms with Gasteiger partial charge in [0, 0.05) is 56.9 Å². The van der Waals surface area contributed by atoms with Crippen molar-refractivity contribution in [1.29, 1.82) is 0 Å². The predicted octanol–water partition coefficient (Wildman–Crippen LogP) is 4.30. The molecule has 6 heterocycles. The number of ether oxygens (including phenoxy) is 3. The molecule has 3 N–H and O–H groups in total. The molecule has 3 aliphatic heterocycles. The van der Waals surface area contributed by atoms with Crippen LogP contribution in [0.3, 0.4) is 0 Å². The van der Waals surface area contributed by atoms with Crippen LogP contribution in [0.1, 0.15) is 44.4 Å². The van der Waals surface area contributed by atoms with E-state index in [1.807, 2.05) is 11.8 Å². The Morgan fingerprint density at radius 2 is 1.92 bits per heavy atom. The molecule has 4 aliphatic rings. The van der Waals surface area contributed by atoms with E-state index >= 15 is 4.39 Å². The number of nitrogens with zero attached hydrogens (tertiary/aromatic N) is 6. The molecule has 48 heavy (non-hydrogen) atoms. The maximum atomic E-state index is 16.8. The van der Waals surface area contributed by atoms with Crippen LogP contribution in [-0.4, -0.2) is 102 Å². The summed E-state index contributed by atoms with van der Waals surface area (Å²) < 4.78 is 91.2. The molecule has 0 radical (unpaired) electrons. The maximum Gasteiger partial charge on any atom is 0.418 e. The summed E-state index contributed by atoms with van der Waals surface area (Å²) in [6.07, 6.45) is -2.80. The Labute approximate surface area is 274 Å². The SMILES string of the molecule is CC[C@@H]1CN2c3nc(OCC4(CN5CC(CF)(OC)C5)CC4)nc4c(F)c(-c5cc(N)nc(C)c5C(F)(F)F)nc(c34)O[C@@H](C)[C@@H]2CN1. The van der Waals surface area contributed by atoms with Gasteiger partial charge in [-0.05, 0) is 39.2 Å². The molecule has 3 atom stereocenters. The van der Waals surface area contributed by atoms with Crippen LogP contribution in [0.4, 0.5) is 33.6 Å². The fourth-order valence-corrected chi connectivity index (χ4v) is 7.27. The average molecular weight is 679 g/mol. The lowest BCUT2D eigenvalue weighted by atomic mass is 9.93. The fourth-order valence-electron chi connectivity index (χ4n) is 7.27. The van der Waals surface area contributed by atoms with Crippen molar-refractivity contribution in [3.63, 3.8) is 0 Å². The van der Waals surface area contributed by atoms with Crippen molar-refractivity contribution in [2.75, 3.05) is 63.7 Å². The standard InChI is InChI=1S/C32H39F5N8O3/c1-5-18-10-45-20(9-39-18)17(3)48-28-22-26(24(34)25(41-28)19-8-21(38)40-16(2)23(19)32(35,36)37)42-29(43-27(22)45)47-15-30(6-7-30)12-44-13-31(11-33,14-44)46-4/h8,17-18,20,39H,5-7,9-15H2,1-4H3,(H2,38,40)/t17-,18+,20-/m0/s1. The number of pyridine rings is 2. The number of methoxy groups -OCH3 is 1. The number of nitrogen functional groups attached to an aromatic ring is 1. The molecule has 3 aromatic rings. The molecule has 1 aliphatic carbocycles. The highest BCUT2D eigenvalue weighted by molar-refractivity contribution is 5.97. The number of likely N-dealkylation sites (tertiary alicyclic amines) is 1. The largest absolute Gasteiger partial charge is 0.472 e. The van der Waals surface area contributed by atoms with Gasteiger partial charge in [0.05, 0.1) is 23.9 Å². The monoisotopic (exact) mass is 678 g/mol. The van der Waals surface area contributed by atoms with Gasteiger partial charge >= 0.3 is 12.2 Å². The van der Waals surface area contributed by atoms with Crippen LogP contribution < -0.4 is 25.4 Å². The second kappa shape index (κ2) is 11.8. The number of rotatable bonds is 9. The molecule has 3 aromatic heterocycles. The van der Waals surface area contributed by atoms with E-state index in [0.717, 1.165) is 32.3 Å². The molecule has 0 amide bonds. The molecule has 1 saturated carbocycles. The summed E-state index contributed by atoms with van der Waals surface area (Å²) in [5.41, 5.74) is 1.87. The van der Waals surface area contributed by atoms with E-state index in [0.29, 0.717) is 38.5 Å². The zero-order valence-corrected chi connectivity index (χ0v) is 27.3. The van der Waals surface area contributed by atoms with Gasteiger partial charge in [0.15, 0.2) is 5.82 Å². The van der Waals surface area contributed by atoms with Crippen LogP contribution in [0.5, 0.6) is 11.9 Å². The number of alkyl halides is 4. The van der Waals surface area contributed by atoms with Gasteiger partial charge in [-0.2, -0.15) is 23.1 Å². The van der Waals surface area contributed by atoms with Crippen molar-refractivity contribution in [3.05, 3.63) is 23.1 Å².